The lowest BCUT2D eigenvalue weighted by atomic mass is 10.2. The summed E-state index contributed by atoms with van der Waals surface area (Å²) in [5.74, 6) is 0. The van der Waals surface area contributed by atoms with E-state index >= 15 is 0 Å². The first-order valence-electron chi connectivity index (χ1n) is 6.89. The van der Waals surface area contributed by atoms with Crippen molar-refractivity contribution >= 4 is 58.8 Å². The Morgan fingerprint density at radius 3 is 1.91 bits per heavy atom. The van der Waals surface area contributed by atoms with Crippen LogP contribution >= 0.6 is 46.4 Å². The van der Waals surface area contributed by atoms with Crippen LogP contribution in [-0.4, -0.2) is 25.0 Å². The van der Waals surface area contributed by atoms with Crippen molar-refractivity contribution in [3.63, 3.8) is 0 Å². The lowest BCUT2D eigenvalue weighted by Gasteiger charge is -2.03. The van der Waals surface area contributed by atoms with Crippen LogP contribution in [0.15, 0.2) is 46.4 Å². The molecule has 0 saturated carbocycles. The van der Waals surface area contributed by atoms with Gasteiger partial charge in [0, 0.05) is 33.6 Å². The van der Waals surface area contributed by atoms with Crippen LogP contribution in [0.5, 0.6) is 0 Å². The first-order valence-corrected chi connectivity index (χ1v) is 8.40. The van der Waals surface area contributed by atoms with E-state index in [2.05, 4.69) is 9.98 Å². The minimum atomic E-state index is 0.0177. The Morgan fingerprint density at radius 2 is 1.39 bits per heavy atom. The highest BCUT2D eigenvalue weighted by Crippen LogP contribution is 2.20. The third-order valence-electron chi connectivity index (χ3n) is 2.99. The highest BCUT2D eigenvalue weighted by molar-refractivity contribution is 6.36. The molecule has 2 nitrogen and oxygen atoms in total. The zero-order valence-electron chi connectivity index (χ0n) is 12.3. The molecule has 0 bridgehead atoms. The molecule has 120 valence electrons. The molecule has 0 unspecified atom stereocenters. The highest BCUT2D eigenvalue weighted by atomic mass is 35.5. The molecule has 0 aliphatic carbocycles. The van der Waals surface area contributed by atoms with Gasteiger partial charge in [-0.1, -0.05) is 58.5 Å². The summed E-state index contributed by atoms with van der Waals surface area (Å²) in [5, 5.41) is 2.35. The molecular weight excluding hydrogens is 374 g/mol. The zero-order chi connectivity index (χ0) is 16.8. The van der Waals surface area contributed by atoms with Crippen molar-refractivity contribution in [3.8, 4) is 0 Å². The van der Waals surface area contributed by atoms with Gasteiger partial charge in [-0.3, -0.25) is 9.98 Å². The summed E-state index contributed by atoms with van der Waals surface area (Å²) in [7, 11) is 0. The van der Waals surface area contributed by atoms with Gasteiger partial charge in [0.2, 0.25) is 0 Å². The van der Waals surface area contributed by atoms with E-state index in [1.807, 2.05) is 19.1 Å². The largest absolute Gasteiger partial charge is 0.290 e. The van der Waals surface area contributed by atoms with Gasteiger partial charge in [0.1, 0.15) is 0 Å². The van der Waals surface area contributed by atoms with Crippen LogP contribution in [0.1, 0.15) is 18.1 Å². The van der Waals surface area contributed by atoms with Gasteiger partial charge in [-0.2, -0.15) is 0 Å². The predicted octanol–water partition coefficient (Wildman–Crippen LogP) is 6.23. The van der Waals surface area contributed by atoms with E-state index in [1.54, 1.807) is 36.7 Å². The minimum absolute atomic E-state index is 0.0177. The summed E-state index contributed by atoms with van der Waals surface area (Å²) in [6, 6.07) is 10.6. The topological polar surface area (TPSA) is 24.7 Å². The Balaban J connectivity index is 1.95. The molecule has 0 aliphatic heterocycles. The van der Waals surface area contributed by atoms with Gasteiger partial charge in [-0.15, -0.1) is 0 Å². The molecule has 0 amide bonds. The fourth-order valence-corrected chi connectivity index (χ4v) is 2.69. The average Bonchev–Trinajstić information content (AvgIpc) is 2.48. The number of nitrogens with zero attached hydrogens (tertiary/aromatic N) is 2. The van der Waals surface area contributed by atoms with Crippen LogP contribution < -0.4 is 0 Å². The van der Waals surface area contributed by atoms with Crippen molar-refractivity contribution in [2.45, 2.75) is 13.0 Å². The number of halogens is 4. The normalized spacial score (nSPS) is 13.1. The van der Waals surface area contributed by atoms with Gasteiger partial charge in [0.15, 0.2) is 0 Å². The lowest BCUT2D eigenvalue weighted by Crippen LogP contribution is -2.04. The molecule has 0 aliphatic rings. The fourth-order valence-electron chi connectivity index (χ4n) is 1.77. The predicted molar refractivity (Wildman–Crippen MR) is 102 cm³/mol. The van der Waals surface area contributed by atoms with Crippen molar-refractivity contribution in [2.24, 2.45) is 9.98 Å². The van der Waals surface area contributed by atoms with Crippen molar-refractivity contribution < 1.29 is 0 Å². The molecule has 0 saturated heterocycles. The van der Waals surface area contributed by atoms with Gasteiger partial charge >= 0.3 is 0 Å². The summed E-state index contributed by atoms with van der Waals surface area (Å²) in [5.41, 5.74) is 1.65. The second-order valence-electron chi connectivity index (χ2n) is 4.95. The number of aliphatic imine (C=N–C) groups is 2. The molecule has 0 N–H and O–H groups in total. The van der Waals surface area contributed by atoms with Crippen molar-refractivity contribution in [1.82, 2.24) is 0 Å². The summed E-state index contributed by atoms with van der Waals surface area (Å²) in [6.45, 7) is 2.52. The second kappa shape index (κ2) is 8.70. The Hall–Kier alpha value is -1.06. The zero-order valence-corrected chi connectivity index (χ0v) is 15.3. The van der Waals surface area contributed by atoms with E-state index < -0.39 is 0 Å². The molecule has 0 heterocycles. The maximum atomic E-state index is 6.10. The number of hydrogen-bond acceptors (Lipinski definition) is 2. The maximum Gasteiger partial charge on any atom is 0.0666 e. The van der Waals surface area contributed by atoms with Gasteiger partial charge in [0.05, 0.1) is 22.6 Å². The number of hydrogen-bond donors (Lipinski definition) is 0. The molecule has 2 aromatic carbocycles. The third-order valence-corrected chi connectivity index (χ3v) is 4.12. The van der Waals surface area contributed by atoms with Gasteiger partial charge in [-0.25, -0.2) is 0 Å². The molecule has 0 fully saturated rings. The van der Waals surface area contributed by atoms with Crippen LogP contribution in [0.2, 0.25) is 20.1 Å². The second-order valence-corrected chi connectivity index (χ2v) is 6.64. The van der Waals surface area contributed by atoms with Crippen LogP contribution in [-0.2, 0) is 0 Å². The summed E-state index contributed by atoms with van der Waals surface area (Å²) in [6.07, 6.45) is 3.45. The molecule has 0 aromatic heterocycles. The maximum absolute atomic E-state index is 6.10. The average molecular weight is 388 g/mol. The van der Waals surface area contributed by atoms with E-state index in [1.165, 1.54) is 0 Å². The lowest BCUT2D eigenvalue weighted by molar-refractivity contribution is 0.761. The summed E-state index contributed by atoms with van der Waals surface area (Å²) in [4.78, 5) is 8.79. The quantitative estimate of drug-likeness (QED) is 0.543. The van der Waals surface area contributed by atoms with Crippen molar-refractivity contribution in [3.05, 3.63) is 67.6 Å². The van der Waals surface area contributed by atoms with Gasteiger partial charge < -0.3 is 0 Å². The third kappa shape index (κ3) is 5.82. The van der Waals surface area contributed by atoms with Crippen LogP contribution in [0.25, 0.3) is 0 Å². The molecule has 2 aromatic rings. The molecule has 2 rings (SSSR count). The molecule has 1 atom stereocenters. The van der Waals surface area contributed by atoms with Crippen LogP contribution in [0, 0.1) is 0 Å². The highest BCUT2D eigenvalue weighted by Gasteiger charge is 2.01. The SMILES string of the molecule is C[C@H](CN=Cc1ccc(Cl)cc1Cl)N=Cc1ccc(Cl)cc1Cl. The van der Waals surface area contributed by atoms with Gasteiger partial charge in [-0.05, 0) is 31.2 Å². The molecule has 0 spiro atoms. The Bertz CT molecular complexity index is 741. The van der Waals surface area contributed by atoms with Crippen LogP contribution in [0.3, 0.4) is 0 Å². The summed E-state index contributed by atoms with van der Waals surface area (Å²) >= 11 is 23.9. The minimum Gasteiger partial charge on any atom is -0.290 e. The standard InChI is InChI=1S/C17H14Cl4N2/c1-11(23-10-13-3-5-15(19)7-17(13)21)8-22-9-12-2-4-14(18)6-16(12)20/h2-7,9-11H,8H2,1H3/t11-/m1/s1. The van der Waals surface area contributed by atoms with Crippen molar-refractivity contribution in [1.29, 1.82) is 0 Å². The van der Waals surface area contributed by atoms with Crippen LogP contribution in [0.4, 0.5) is 0 Å². The smallest absolute Gasteiger partial charge is 0.0666 e. The first-order chi connectivity index (χ1) is 11.0. The molecule has 23 heavy (non-hydrogen) atoms. The van der Waals surface area contributed by atoms with E-state index in [-0.39, 0.29) is 6.04 Å². The van der Waals surface area contributed by atoms with Gasteiger partial charge in [0.25, 0.3) is 0 Å². The Labute approximate surface area is 155 Å². The molecule has 6 heteroatoms. The Kier molecular flexibility index (Phi) is 6.91. The monoisotopic (exact) mass is 386 g/mol. The number of rotatable bonds is 5. The van der Waals surface area contributed by atoms with Crippen molar-refractivity contribution in [2.75, 3.05) is 6.54 Å². The first kappa shape index (κ1) is 18.3. The van der Waals surface area contributed by atoms with E-state index in [0.29, 0.717) is 26.6 Å². The number of benzene rings is 2. The molecular formula is C17H14Cl4N2. The fraction of sp³-hybridized carbons (Fsp3) is 0.176. The van der Waals surface area contributed by atoms with E-state index in [9.17, 15) is 0 Å². The molecule has 0 radical (unpaired) electrons. The van der Waals surface area contributed by atoms with E-state index in [4.69, 9.17) is 46.4 Å². The summed E-state index contributed by atoms with van der Waals surface area (Å²) < 4.78 is 0. The van der Waals surface area contributed by atoms with E-state index in [0.717, 1.165) is 11.1 Å². The Morgan fingerprint density at radius 1 is 0.870 bits per heavy atom.